The number of ether oxygens (including phenoxy) is 2. The summed E-state index contributed by atoms with van der Waals surface area (Å²) in [6, 6.07) is 2.67. The lowest BCUT2D eigenvalue weighted by Gasteiger charge is -2.16. The van der Waals surface area contributed by atoms with E-state index in [1.165, 1.54) is 13.2 Å². The molecule has 0 aliphatic rings. The summed E-state index contributed by atoms with van der Waals surface area (Å²) in [5.41, 5.74) is 6.95. The van der Waals surface area contributed by atoms with Crippen LogP contribution in [0.15, 0.2) is 17.0 Å². The number of aryl methyl sites for hydroxylation is 1. The average molecular weight is 302 g/mol. The van der Waals surface area contributed by atoms with Gasteiger partial charge in [0.15, 0.2) is 0 Å². The molecule has 1 aromatic rings. The third-order valence-corrected chi connectivity index (χ3v) is 4.38. The Morgan fingerprint density at radius 2 is 2.05 bits per heavy atom. The van der Waals surface area contributed by atoms with Crippen molar-refractivity contribution < 1.29 is 17.9 Å². The molecule has 0 aromatic heterocycles. The van der Waals surface area contributed by atoms with Gasteiger partial charge in [-0.2, -0.15) is 0 Å². The summed E-state index contributed by atoms with van der Waals surface area (Å²) < 4.78 is 37.6. The highest BCUT2D eigenvalue weighted by molar-refractivity contribution is 7.89. The molecule has 0 bridgehead atoms. The van der Waals surface area contributed by atoms with Crippen LogP contribution in [0.25, 0.3) is 0 Å². The van der Waals surface area contributed by atoms with Crippen molar-refractivity contribution in [3.63, 3.8) is 0 Å². The third-order valence-electron chi connectivity index (χ3n) is 2.77. The van der Waals surface area contributed by atoms with Crippen molar-refractivity contribution in [2.75, 3.05) is 26.1 Å². The highest BCUT2D eigenvalue weighted by Crippen LogP contribution is 2.28. The van der Waals surface area contributed by atoms with E-state index in [9.17, 15) is 8.42 Å². The molecule has 20 heavy (non-hydrogen) atoms. The van der Waals surface area contributed by atoms with Crippen LogP contribution in [-0.4, -0.2) is 34.8 Å². The van der Waals surface area contributed by atoms with Crippen molar-refractivity contribution in [1.29, 1.82) is 0 Å². The minimum atomic E-state index is -3.71. The number of sulfonamides is 1. The van der Waals surface area contributed by atoms with E-state index in [0.717, 1.165) is 5.56 Å². The van der Waals surface area contributed by atoms with Gasteiger partial charge in [-0.1, -0.05) is 0 Å². The van der Waals surface area contributed by atoms with Crippen LogP contribution in [0.5, 0.6) is 5.75 Å². The first-order chi connectivity index (χ1) is 9.31. The average Bonchev–Trinajstić information content (AvgIpc) is 2.38. The van der Waals surface area contributed by atoms with Crippen molar-refractivity contribution in [3.05, 3.63) is 17.7 Å². The summed E-state index contributed by atoms with van der Waals surface area (Å²) >= 11 is 0. The summed E-state index contributed by atoms with van der Waals surface area (Å²) in [7, 11) is -2.28. The number of nitrogen functional groups attached to an aromatic ring is 1. The fraction of sp³-hybridized carbons (Fsp3) is 0.538. The maximum Gasteiger partial charge on any atom is 0.244 e. The van der Waals surface area contributed by atoms with Crippen LogP contribution in [0.3, 0.4) is 0 Å². The second-order valence-corrected chi connectivity index (χ2v) is 6.22. The second-order valence-electron chi connectivity index (χ2n) is 4.54. The summed E-state index contributed by atoms with van der Waals surface area (Å²) in [6.45, 7) is 6.22. The van der Waals surface area contributed by atoms with E-state index in [-0.39, 0.29) is 16.7 Å². The predicted octanol–water partition coefficient (Wildman–Crippen LogP) is 1.29. The minimum absolute atomic E-state index is 0.0337. The molecule has 0 saturated carbocycles. The predicted molar refractivity (Wildman–Crippen MR) is 78.4 cm³/mol. The molecule has 114 valence electrons. The van der Waals surface area contributed by atoms with Crippen LogP contribution in [0.1, 0.15) is 19.4 Å². The van der Waals surface area contributed by atoms with Crippen molar-refractivity contribution in [1.82, 2.24) is 4.72 Å². The Bertz CT molecular complexity index is 558. The number of rotatable bonds is 7. The van der Waals surface area contributed by atoms with Crippen molar-refractivity contribution in [3.8, 4) is 5.75 Å². The quantitative estimate of drug-likeness (QED) is 0.741. The van der Waals surface area contributed by atoms with Gasteiger partial charge in [0.1, 0.15) is 10.6 Å². The molecule has 0 amide bonds. The Balaban J connectivity index is 3.06. The monoisotopic (exact) mass is 302 g/mol. The molecular weight excluding hydrogens is 280 g/mol. The molecule has 1 atom stereocenters. The number of benzene rings is 1. The maximum atomic E-state index is 12.3. The number of hydrogen-bond donors (Lipinski definition) is 2. The van der Waals surface area contributed by atoms with Gasteiger partial charge in [0.2, 0.25) is 10.0 Å². The lowest BCUT2D eigenvalue weighted by molar-refractivity contribution is 0.133. The number of hydrogen-bond acceptors (Lipinski definition) is 5. The first kappa shape index (κ1) is 16.7. The van der Waals surface area contributed by atoms with Gasteiger partial charge in [-0.25, -0.2) is 13.1 Å². The summed E-state index contributed by atoms with van der Waals surface area (Å²) in [5, 5.41) is 0. The topological polar surface area (TPSA) is 90.7 Å². The standard InChI is InChI=1S/C13H22N2O4S/c1-5-19-8-10(3)15-20(16,17)13-7-11(14)9(2)6-12(13)18-4/h6-7,10,15H,5,8,14H2,1-4H3. The molecule has 1 rings (SSSR count). The normalized spacial score (nSPS) is 13.2. The summed E-state index contributed by atoms with van der Waals surface area (Å²) in [5.74, 6) is 0.271. The Morgan fingerprint density at radius 3 is 2.60 bits per heavy atom. The largest absolute Gasteiger partial charge is 0.495 e. The van der Waals surface area contributed by atoms with E-state index in [2.05, 4.69) is 4.72 Å². The molecule has 3 N–H and O–H groups in total. The highest BCUT2D eigenvalue weighted by Gasteiger charge is 2.22. The molecule has 0 heterocycles. The first-order valence-corrected chi connectivity index (χ1v) is 7.84. The van der Waals surface area contributed by atoms with E-state index in [4.69, 9.17) is 15.2 Å². The molecule has 1 aromatic carbocycles. The molecule has 1 unspecified atom stereocenters. The van der Waals surface area contributed by atoms with Crippen LogP contribution in [0.4, 0.5) is 5.69 Å². The van der Waals surface area contributed by atoms with Crippen molar-refractivity contribution >= 4 is 15.7 Å². The molecule has 0 aliphatic heterocycles. The molecule has 0 fully saturated rings. The Hall–Kier alpha value is -1.31. The number of anilines is 1. The smallest absolute Gasteiger partial charge is 0.244 e. The number of nitrogens with one attached hydrogen (secondary N) is 1. The zero-order chi connectivity index (χ0) is 15.3. The fourth-order valence-electron chi connectivity index (χ4n) is 1.70. The van der Waals surface area contributed by atoms with Gasteiger partial charge in [0.05, 0.1) is 13.7 Å². The third kappa shape index (κ3) is 4.09. The SMILES string of the molecule is CCOCC(C)NS(=O)(=O)c1cc(N)c(C)cc1OC. The Labute approximate surface area is 120 Å². The highest BCUT2D eigenvalue weighted by atomic mass is 32.2. The van der Waals surface area contributed by atoms with Gasteiger partial charge in [0.25, 0.3) is 0 Å². The van der Waals surface area contributed by atoms with Gasteiger partial charge in [0, 0.05) is 18.3 Å². The minimum Gasteiger partial charge on any atom is -0.495 e. The fourth-order valence-corrected chi connectivity index (χ4v) is 3.12. The van der Waals surface area contributed by atoms with E-state index in [1.807, 2.05) is 6.92 Å². The van der Waals surface area contributed by atoms with Crippen LogP contribution < -0.4 is 15.2 Å². The van der Waals surface area contributed by atoms with E-state index < -0.39 is 10.0 Å². The van der Waals surface area contributed by atoms with Gasteiger partial charge in [-0.3, -0.25) is 0 Å². The molecule has 0 saturated heterocycles. The second kappa shape index (κ2) is 6.92. The first-order valence-electron chi connectivity index (χ1n) is 6.36. The molecular formula is C13H22N2O4S. The van der Waals surface area contributed by atoms with Crippen molar-refractivity contribution in [2.45, 2.75) is 31.7 Å². The summed E-state index contributed by atoms with van der Waals surface area (Å²) in [6.07, 6.45) is 0. The zero-order valence-corrected chi connectivity index (χ0v) is 13.1. The van der Waals surface area contributed by atoms with Crippen molar-refractivity contribution in [2.24, 2.45) is 0 Å². The van der Waals surface area contributed by atoms with E-state index in [0.29, 0.717) is 18.9 Å². The van der Waals surface area contributed by atoms with Crippen LogP contribution in [-0.2, 0) is 14.8 Å². The van der Waals surface area contributed by atoms with E-state index in [1.54, 1.807) is 19.9 Å². The summed E-state index contributed by atoms with van der Waals surface area (Å²) in [4.78, 5) is 0.0337. The van der Waals surface area contributed by atoms with Gasteiger partial charge in [-0.15, -0.1) is 0 Å². The lowest BCUT2D eigenvalue weighted by Crippen LogP contribution is -2.36. The number of methoxy groups -OCH3 is 1. The maximum absolute atomic E-state index is 12.3. The lowest BCUT2D eigenvalue weighted by atomic mass is 10.2. The number of nitrogens with two attached hydrogens (primary N) is 1. The van der Waals surface area contributed by atoms with Gasteiger partial charge in [-0.05, 0) is 38.5 Å². The van der Waals surface area contributed by atoms with Gasteiger partial charge >= 0.3 is 0 Å². The van der Waals surface area contributed by atoms with Crippen LogP contribution in [0, 0.1) is 6.92 Å². The Morgan fingerprint density at radius 1 is 1.40 bits per heavy atom. The van der Waals surface area contributed by atoms with Gasteiger partial charge < -0.3 is 15.2 Å². The van der Waals surface area contributed by atoms with Crippen LogP contribution >= 0.6 is 0 Å². The zero-order valence-electron chi connectivity index (χ0n) is 12.3. The molecule has 6 nitrogen and oxygen atoms in total. The van der Waals surface area contributed by atoms with E-state index >= 15 is 0 Å². The Kier molecular flexibility index (Phi) is 5.79. The molecule has 7 heteroatoms. The molecule has 0 spiro atoms. The molecule has 0 radical (unpaired) electrons. The van der Waals surface area contributed by atoms with Crippen LogP contribution in [0.2, 0.25) is 0 Å². The molecule has 0 aliphatic carbocycles.